The summed E-state index contributed by atoms with van der Waals surface area (Å²) in [5.74, 6) is -0.0165. The van der Waals surface area contributed by atoms with Gasteiger partial charge in [0.25, 0.3) is 0 Å². The van der Waals surface area contributed by atoms with E-state index in [1.165, 1.54) is 32.1 Å². The van der Waals surface area contributed by atoms with Gasteiger partial charge in [-0.05, 0) is 43.2 Å². The Hall–Kier alpha value is -1.12. The maximum Gasteiger partial charge on any atom is 0.200 e. The summed E-state index contributed by atoms with van der Waals surface area (Å²) in [5, 5.41) is 0. The molecule has 1 saturated carbocycles. The third-order valence-corrected chi connectivity index (χ3v) is 4.79. The minimum atomic E-state index is -0.843. The molecule has 2 rings (SSSR count). The average molecular weight is 296 g/mol. The van der Waals surface area contributed by atoms with Crippen molar-refractivity contribution in [3.63, 3.8) is 0 Å². The molecule has 3 heteroatoms. The minimum absolute atomic E-state index is 0.0159. The SMILES string of the molecule is CCOc1ccc(CC[C@H]2CC[C@H](CC)CC2)c(F)c1F. The lowest BCUT2D eigenvalue weighted by Gasteiger charge is -2.27. The highest BCUT2D eigenvalue weighted by Crippen LogP contribution is 2.33. The number of benzene rings is 1. The van der Waals surface area contributed by atoms with Crippen molar-refractivity contribution in [1.29, 1.82) is 0 Å². The van der Waals surface area contributed by atoms with E-state index in [2.05, 4.69) is 6.92 Å². The van der Waals surface area contributed by atoms with Crippen LogP contribution in [0.2, 0.25) is 0 Å². The van der Waals surface area contributed by atoms with Crippen LogP contribution in [0.1, 0.15) is 57.9 Å². The van der Waals surface area contributed by atoms with Gasteiger partial charge in [0.15, 0.2) is 11.6 Å². The number of hydrogen-bond acceptors (Lipinski definition) is 1. The van der Waals surface area contributed by atoms with Gasteiger partial charge >= 0.3 is 0 Å². The molecule has 1 aromatic carbocycles. The molecule has 0 spiro atoms. The Labute approximate surface area is 126 Å². The van der Waals surface area contributed by atoms with E-state index in [-0.39, 0.29) is 5.75 Å². The quantitative estimate of drug-likeness (QED) is 0.672. The Morgan fingerprint density at radius 2 is 1.67 bits per heavy atom. The van der Waals surface area contributed by atoms with Crippen LogP contribution in [-0.4, -0.2) is 6.61 Å². The molecular formula is C18H26F2O. The zero-order valence-electron chi connectivity index (χ0n) is 13.1. The summed E-state index contributed by atoms with van der Waals surface area (Å²) in [7, 11) is 0. The van der Waals surface area contributed by atoms with Gasteiger partial charge in [-0.2, -0.15) is 4.39 Å². The standard InChI is InChI=1S/C18H26F2O/c1-3-13-5-7-14(8-6-13)9-10-15-11-12-16(21-4-2)18(20)17(15)19/h11-14H,3-10H2,1-2H3/t13-,14-. The molecule has 1 nitrogen and oxygen atoms in total. The highest BCUT2D eigenvalue weighted by molar-refractivity contribution is 5.31. The molecule has 0 atom stereocenters. The van der Waals surface area contributed by atoms with Crippen LogP contribution in [0.15, 0.2) is 12.1 Å². The van der Waals surface area contributed by atoms with Crippen molar-refractivity contribution < 1.29 is 13.5 Å². The number of rotatable bonds is 6. The second-order valence-electron chi connectivity index (χ2n) is 6.12. The lowest BCUT2D eigenvalue weighted by atomic mass is 9.78. The molecule has 0 aliphatic heterocycles. The Morgan fingerprint density at radius 3 is 2.29 bits per heavy atom. The second-order valence-corrected chi connectivity index (χ2v) is 6.12. The van der Waals surface area contributed by atoms with Gasteiger partial charge in [0.05, 0.1) is 6.61 Å². The van der Waals surface area contributed by atoms with Gasteiger partial charge < -0.3 is 4.74 Å². The molecule has 0 saturated heterocycles. The fraction of sp³-hybridized carbons (Fsp3) is 0.667. The predicted molar refractivity (Wildman–Crippen MR) is 81.6 cm³/mol. The van der Waals surface area contributed by atoms with Crippen molar-refractivity contribution in [1.82, 2.24) is 0 Å². The first kappa shape index (κ1) is 16.3. The molecule has 0 unspecified atom stereocenters. The molecule has 0 heterocycles. The Bertz CT molecular complexity index is 451. The van der Waals surface area contributed by atoms with Crippen molar-refractivity contribution in [2.75, 3.05) is 6.61 Å². The maximum atomic E-state index is 14.0. The van der Waals surface area contributed by atoms with Crippen LogP contribution < -0.4 is 4.74 Å². The van der Waals surface area contributed by atoms with Crippen molar-refractivity contribution in [3.05, 3.63) is 29.3 Å². The zero-order valence-corrected chi connectivity index (χ0v) is 13.1. The lowest BCUT2D eigenvalue weighted by Crippen LogP contribution is -2.14. The molecule has 1 aliphatic rings. The van der Waals surface area contributed by atoms with E-state index in [1.54, 1.807) is 19.1 Å². The molecule has 1 fully saturated rings. The molecule has 118 valence electrons. The van der Waals surface area contributed by atoms with Gasteiger partial charge in [-0.3, -0.25) is 0 Å². The van der Waals surface area contributed by atoms with Crippen LogP contribution >= 0.6 is 0 Å². The number of aryl methyl sites for hydroxylation is 1. The molecule has 0 bridgehead atoms. The number of ether oxygens (including phenoxy) is 1. The fourth-order valence-corrected chi connectivity index (χ4v) is 3.32. The average Bonchev–Trinajstić information content (AvgIpc) is 2.52. The molecule has 0 amide bonds. The van der Waals surface area contributed by atoms with Crippen LogP contribution in [0.3, 0.4) is 0 Å². The van der Waals surface area contributed by atoms with Crippen molar-refractivity contribution in [3.8, 4) is 5.75 Å². The van der Waals surface area contributed by atoms with Crippen molar-refractivity contribution in [2.24, 2.45) is 11.8 Å². The molecule has 0 radical (unpaired) electrons. The summed E-state index contributed by atoms with van der Waals surface area (Å²) in [6, 6.07) is 3.21. The van der Waals surface area contributed by atoms with Gasteiger partial charge in [0.1, 0.15) is 0 Å². The van der Waals surface area contributed by atoms with E-state index in [1.807, 2.05) is 0 Å². The van der Waals surface area contributed by atoms with Gasteiger partial charge in [0.2, 0.25) is 5.82 Å². The molecule has 21 heavy (non-hydrogen) atoms. The smallest absolute Gasteiger partial charge is 0.200 e. The topological polar surface area (TPSA) is 9.23 Å². The fourth-order valence-electron chi connectivity index (χ4n) is 3.32. The second kappa shape index (κ2) is 7.77. The summed E-state index contributed by atoms with van der Waals surface area (Å²) in [6.07, 6.45) is 7.91. The van der Waals surface area contributed by atoms with E-state index < -0.39 is 11.6 Å². The molecule has 1 aromatic rings. The molecular weight excluding hydrogens is 270 g/mol. The third kappa shape index (κ3) is 4.18. The largest absolute Gasteiger partial charge is 0.491 e. The van der Waals surface area contributed by atoms with E-state index >= 15 is 0 Å². The van der Waals surface area contributed by atoms with Gasteiger partial charge in [-0.25, -0.2) is 4.39 Å². The Balaban J connectivity index is 1.90. The minimum Gasteiger partial charge on any atom is -0.491 e. The highest BCUT2D eigenvalue weighted by atomic mass is 19.2. The monoisotopic (exact) mass is 296 g/mol. The van der Waals surface area contributed by atoms with E-state index in [4.69, 9.17) is 4.74 Å². The third-order valence-electron chi connectivity index (χ3n) is 4.79. The van der Waals surface area contributed by atoms with Crippen molar-refractivity contribution >= 4 is 0 Å². The molecule has 1 aliphatic carbocycles. The number of hydrogen-bond donors (Lipinski definition) is 0. The highest BCUT2D eigenvalue weighted by Gasteiger charge is 2.21. The summed E-state index contributed by atoms with van der Waals surface area (Å²) in [5.41, 5.74) is 0.480. The van der Waals surface area contributed by atoms with Crippen LogP contribution in [0.25, 0.3) is 0 Å². The summed E-state index contributed by atoms with van der Waals surface area (Å²) < 4.78 is 32.9. The lowest BCUT2D eigenvalue weighted by molar-refractivity contribution is 0.258. The first-order chi connectivity index (χ1) is 10.2. The Morgan fingerprint density at radius 1 is 1.00 bits per heavy atom. The summed E-state index contributed by atoms with van der Waals surface area (Å²) >= 11 is 0. The predicted octanol–water partition coefficient (Wildman–Crippen LogP) is 5.51. The first-order valence-electron chi connectivity index (χ1n) is 8.25. The normalized spacial score (nSPS) is 22.3. The van der Waals surface area contributed by atoms with Crippen LogP contribution in [0, 0.1) is 23.5 Å². The van der Waals surface area contributed by atoms with E-state index in [0.717, 1.165) is 12.3 Å². The van der Waals surface area contributed by atoms with Gasteiger partial charge in [-0.15, -0.1) is 0 Å². The summed E-state index contributed by atoms with van der Waals surface area (Å²) in [4.78, 5) is 0. The van der Waals surface area contributed by atoms with Gasteiger partial charge in [0, 0.05) is 0 Å². The van der Waals surface area contributed by atoms with E-state index in [9.17, 15) is 8.78 Å². The van der Waals surface area contributed by atoms with Crippen LogP contribution in [0.5, 0.6) is 5.75 Å². The molecule has 0 N–H and O–H groups in total. The van der Waals surface area contributed by atoms with Crippen molar-refractivity contribution in [2.45, 2.75) is 58.8 Å². The molecule has 0 aromatic heterocycles. The van der Waals surface area contributed by atoms with Crippen LogP contribution in [0.4, 0.5) is 8.78 Å². The first-order valence-corrected chi connectivity index (χ1v) is 8.25. The summed E-state index contributed by atoms with van der Waals surface area (Å²) in [6.45, 7) is 4.36. The van der Waals surface area contributed by atoms with Gasteiger partial charge in [-0.1, -0.05) is 45.1 Å². The Kier molecular flexibility index (Phi) is 6.01. The van der Waals surface area contributed by atoms with Crippen LogP contribution in [-0.2, 0) is 6.42 Å². The maximum absolute atomic E-state index is 14.0. The van der Waals surface area contributed by atoms with E-state index in [0.29, 0.717) is 24.5 Å². The zero-order chi connectivity index (χ0) is 15.2. The number of halogens is 2.